The summed E-state index contributed by atoms with van der Waals surface area (Å²) in [6.45, 7) is 0.805. The van der Waals surface area contributed by atoms with Gasteiger partial charge in [-0.25, -0.2) is 4.98 Å². The van der Waals surface area contributed by atoms with E-state index in [9.17, 15) is 4.79 Å². The minimum absolute atomic E-state index is 0.165. The van der Waals surface area contributed by atoms with Gasteiger partial charge in [-0.3, -0.25) is 4.79 Å². The summed E-state index contributed by atoms with van der Waals surface area (Å²) in [6, 6.07) is 10.9. The van der Waals surface area contributed by atoms with E-state index in [2.05, 4.69) is 15.3 Å². The standard InChI is InChI=1S/C13H15N3O2/c1-14-8-10-7-13(17)16-12(15-10)9-18-11-5-3-2-4-6-11/h2-7,14H,8-9H2,1H3,(H,15,16,17). The van der Waals surface area contributed by atoms with Gasteiger partial charge in [-0.2, -0.15) is 0 Å². The second-order valence-electron chi connectivity index (χ2n) is 3.82. The number of rotatable bonds is 5. The van der Waals surface area contributed by atoms with Crippen molar-refractivity contribution in [3.63, 3.8) is 0 Å². The Hall–Kier alpha value is -2.14. The molecule has 0 radical (unpaired) electrons. The molecule has 1 heterocycles. The third kappa shape index (κ3) is 3.43. The van der Waals surface area contributed by atoms with Crippen molar-refractivity contribution >= 4 is 0 Å². The normalized spacial score (nSPS) is 10.3. The van der Waals surface area contributed by atoms with Gasteiger partial charge >= 0.3 is 0 Å². The highest BCUT2D eigenvalue weighted by atomic mass is 16.5. The van der Waals surface area contributed by atoms with Crippen LogP contribution in [-0.4, -0.2) is 17.0 Å². The summed E-state index contributed by atoms with van der Waals surface area (Å²) in [5.74, 6) is 1.27. The van der Waals surface area contributed by atoms with Crippen molar-refractivity contribution in [3.8, 4) is 5.75 Å². The van der Waals surface area contributed by atoms with Crippen LogP contribution in [0.5, 0.6) is 5.75 Å². The number of aromatic nitrogens is 2. The number of nitrogens with one attached hydrogen (secondary N) is 2. The van der Waals surface area contributed by atoms with E-state index in [-0.39, 0.29) is 12.2 Å². The molecule has 2 aromatic rings. The lowest BCUT2D eigenvalue weighted by Crippen LogP contribution is -2.17. The first-order chi connectivity index (χ1) is 8.78. The van der Waals surface area contributed by atoms with E-state index in [0.29, 0.717) is 18.1 Å². The van der Waals surface area contributed by atoms with Crippen molar-refractivity contribution < 1.29 is 4.74 Å². The molecule has 0 aliphatic heterocycles. The second kappa shape index (κ2) is 5.97. The Morgan fingerprint density at radius 2 is 2.11 bits per heavy atom. The van der Waals surface area contributed by atoms with Gasteiger partial charge in [0.2, 0.25) is 0 Å². The van der Waals surface area contributed by atoms with E-state index in [4.69, 9.17) is 4.74 Å². The quantitative estimate of drug-likeness (QED) is 0.827. The lowest BCUT2D eigenvalue weighted by Gasteiger charge is -2.06. The van der Waals surface area contributed by atoms with Gasteiger partial charge in [-0.15, -0.1) is 0 Å². The lowest BCUT2D eigenvalue weighted by atomic mass is 10.3. The van der Waals surface area contributed by atoms with Crippen LogP contribution < -0.4 is 15.6 Å². The average Bonchev–Trinajstić information content (AvgIpc) is 2.37. The molecule has 0 spiro atoms. The highest BCUT2D eigenvalue weighted by molar-refractivity contribution is 5.21. The molecule has 0 atom stereocenters. The molecule has 2 N–H and O–H groups in total. The second-order valence-corrected chi connectivity index (χ2v) is 3.82. The Morgan fingerprint density at radius 3 is 2.83 bits per heavy atom. The molecule has 18 heavy (non-hydrogen) atoms. The van der Waals surface area contributed by atoms with Gasteiger partial charge in [0.15, 0.2) is 0 Å². The maximum absolute atomic E-state index is 11.4. The van der Waals surface area contributed by atoms with Crippen LogP contribution in [0.3, 0.4) is 0 Å². The smallest absolute Gasteiger partial charge is 0.251 e. The van der Waals surface area contributed by atoms with Gasteiger partial charge < -0.3 is 15.0 Å². The Bertz CT molecular complexity index is 552. The Labute approximate surface area is 105 Å². The fourth-order valence-corrected chi connectivity index (χ4v) is 1.57. The zero-order valence-electron chi connectivity index (χ0n) is 10.1. The van der Waals surface area contributed by atoms with Crippen LogP contribution in [0.25, 0.3) is 0 Å². The molecule has 0 saturated carbocycles. The molecule has 0 fully saturated rings. The molecule has 0 aliphatic rings. The zero-order valence-corrected chi connectivity index (χ0v) is 10.1. The molecule has 1 aromatic carbocycles. The number of hydrogen-bond donors (Lipinski definition) is 2. The molecule has 1 aromatic heterocycles. The molecular formula is C13H15N3O2. The van der Waals surface area contributed by atoms with E-state index >= 15 is 0 Å². The third-order valence-electron chi connectivity index (χ3n) is 2.32. The molecule has 0 amide bonds. The van der Waals surface area contributed by atoms with Crippen molar-refractivity contribution in [2.75, 3.05) is 7.05 Å². The van der Waals surface area contributed by atoms with Gasteiger partial charge in [-0.05, 0) is 19.2 Å². The molecule has 0 unspecified atom stereocenters. The molecule has 5 nitrogen and oxygen atoms in total. The van der Waals surface area contributed by atoms with Gasteiger partial charge in [0.1, 0.15) is 18.2 Å². The predicted molar refractivity (Wildman–Crippen MR) is 68.4 cm³/mol. The first-order valence-corrected chi connectivity index (χ1v) is 5.69. The van der Waals surface area contributed by atoms with Crippen LogP contribution >= 0.6 is 0 Å². The highest BCUT2D eigenvalue weighted by Gasteiger charge is 2.01. The molecule has 2 rings (SSSR count). The summed E-state index contributed by atoms with van der Waals surface area (Å²) < 4.78 is 5.53. The topological polar surface area (TPSA) is 67.0 Å². The number of aromatic amines is 1. The maximum atomic E-state index is 11.4. The predicted octanol–water partition coefficient (Wildman–Crippen LogP) is 1.07. The maximum Gasteiger partial charge on any atom is 0.251 e. The van der Waals surface area contributed by atoms with Crippen molar-refractivity contribution in [2.24, 2.45) is 0 Å². The summed E-state index contributed by atoms with van der Waals surface area (Å²) in [4.78, 5) is 18.4. The number of benzene rings is 1. The summed E-state index contributed by atoms with van der Waals surface area (Å²) in [5.41, 5.74) is 0.537. The van der Waals surface area contributed by atoms with Crippen LogP contribution in [0, 0.1) is 0 Å². The van der Waals surface area contributed by atoms with Crippen molar-refractivity contribution in [2.45, 2.75) is 13.2 Å². The Kier molecular flexibility index (Phi) is 4.09. The number of hydrogen-bond acceptors (Lipinski definition) is 4. The number of para-hydroxylation sites is 1. The minimum Gasteiger partial charge on any atom is -0.486 e. The Balaban J connectivity index is 2.07. The molecule has 0 saturated heterocycles. The summed E-state index contributed by atoms with van der Waals surface area (Å²) in [6.07, 6.45) is 0. The molecule has 94 valence electrons. The fourth-order valence-electron chi connectivity index (χ4n) is 1.57. The third-order valence-corrected chi connectivity index (χ3v) is 2.32. The van der Waals surface area contributed by atoms with Gasteiger partial charge in [-0.1, -0.05) is 18.2 Å². The molecule has 5 heteroatoms. The lowest BCUT2D eigenvalue weighted by molar-refractivity contribution is 0.295. The van der Waals surface area contributed by atoms with Crippen LogP contribution in [-0.2, 0) is 13.2 Å². The highest BCUT2D eigenvalue weighted by Crippen LogP contribution is 2.09. The van der Waals surface area contributed by atoms with Gasteiger partial charge in [0, 0.05) is 12.6 Å². The van der Waals surface area contributed by atoms with Crippen molar-refractivity contribution in [1.29, 1.82) is 0 Å². The first kappa shape index (κ1) is 12.3. The van der Waals surface area contributed by atoms with Crippen molar-refractivity contribution in [3.05, 3.63) is 58.3 Å². The Morgan fingerprint density at radius 1 is 1.33 bits per heavy atom. The molecular weight excluding hydrogens is 230 g/mol. The van der Waals surface area contributed by atoms with Crippen LogP contribution in [0.4, 0.5) is 0 Å². The van der Waals surface area contributed by atoms with E-state index in [0.717, 1.165) is 5.75 Å². The van der Waals surface area contributed by atoms with E-state index in [1.807, 2.05) is 37.4 Å². The van der Waals surface area contributed by atoms with Gasteiger partial charge in [0.05, 0.1) is 5.69 Å². The zero-order chi connectivity index (χ0) is 12.8. The summed E-state index contributed by atoms with van der Waals surface area (Å²) in [5, 5.41) is 2.96. The summed E-state index contributed by atoms with van der Waals surface area (Å²) in [7, 11) is 1.81. The van der Waals surface area contributed by atoms with Gasteiger partial charge in [0.25, 0.3) is 5.56 Å². The van der Waals surface area contributed by atoms with E-state index < -0.39 is 0 Å². The average molecular weight is 245 g/mol. The van der Waals surface area contributed by atoms with Crippen LogP contribution in [0.15, 0.2) is 41.2 Å². The number of H-pyrrole nitrogens is 1. The van der Waals surface area contributed by atoms with E-state index in [1.165, 1.54) is 6.07 Å². The molecule has 0 aliphatic carbocycles. The fraction of sp³-hybridized carbons (Fsp3) is 0.231. The van der Waals surface area contributed by atoms with Crippen LogP contribution in [0.2, 0.25) is 0 Å². The number of nitrogens with zero attached hydrogens (tertiary/aromatic N) is 1. The number of ether oxygens (including phenoxy) is 1. The van der Waals surface area contributed by atoms with E-state index in [1.54, 1.807) is 0 Å². The van der Waals surface area contributed by atoms with Crippen molar-refractivity contribution in [1.82, 2.24) is 15.3 Å². The largest absolute Gasteiger partial charge is 0.486 e. The van der Waals surface area contributed by atoms with Crippen LogP contribution in [0.1, 0.15) is 11.5 Å². The molecule has 0 bridgehead atoms. The monoisotopic (exact) mass is 245 g/mol. The first-order valence-electron chi connectivity index (χ1n) is 5.69. The summed E-state index contributed by atoms with van der Waals surface area (Å²) >= 11 is 0. The SMILES string of the molecule is CNCc1cc(=O)[nH]c(COc2ccccc2)n1. The minimum atomic E-state index is -0.165.